The Kier molecular flexibility index (Phi) is 5.52. The van der Waals surface area contributed by atoms with E-state index in [4.69, 9.17) is 4.74 Å². The van der Waals surface area contributed by atoms with Crippen molar-refractivity contribution in [2.45, 2.75) is 6.61 Å². The topological polar surface area (TPSA) is 69.2 Å². The Bertz CT molecular complexity index is 466. The summed E-state index contributed by atoms with van der Waals surface area (Å²) < 4.78 is 38.2. The van der Waals surface area contributed by atoms with E-state index in [1.807, 2.05) is 5.43 Å². The molecule has 8 heteroatoms. The second kappa shape index (κ2) is 7.14. The number of rotatable bonds is 5. The summed E-state index contributed by atoms with van der Waals surface area (Å²) in [5.41, 5.74) is 2.24. The summed E-state index contributed by atoms with van der Waals surface area (Å²) in [6.07, 6.45) is 0.354. The van der Waals surface area contributed by atoms with Gasteiger partial charge < -0.3 is 14.2 Å². The van der Waals surface area contributed by atoms with Crippen molar-refractivity contribution >= 4 is 12.3 Å². The summed E-state index contributed by atoms with van der Waals surface area (Å²) in [6, 6.07) is 4.50. The molecule has 0 bridgehead atoms. The number of halogens is 2. The highest BCUT2D eigenvalue weighted by molar-refractivity contribution is 5.85. The van der Waals surface area contributed by atoms with Crippen LogP contribution >= 0.6 is 0 Å². The Hall–Kier alpha value is -2.38. The molecule has 0 fully saturated rings. The van der Waals surface area contributed by atoms with Crippen molar-refractivity contribution in [3.05, 3.63) is 23.8 Å². The van der Waals surface area contributed by atoms with Crippen molar-refractivity contribution in [2.24, 2.45) is 5.10 Å². The maximum absolute atomic E-state index is 12.3. The van der Waals surface area contributed by atoms with E-state index in [2.05, 4.69) is 14.6 Å². The summed E-state index contributed by atoms with van der Waals surface area (Å²) in [7, 11) is 2.49. The van der Waals surface area contributed by atoms with Crippen LogP contribution in [-0.4, -0.2) is 33.1 Å². The van der Waals surface area contributed by atoms with Crippen LogP contribution in [0.1, 0.15) is 5.56 Å². The standard InChI is InChI=1S/C11H12F2N2O4/c1-17-8-5-3-4-7(9(8)19-10(12)13)6-14-15-11(16)18-2/h3-6,10H,1-2H3,(H,15,16)/b14-6-. The van der Waals surface area contributed by atoms with Crippen LogP contribution in [0.2, 0.25) is 0 Å². The van der Waals surface area contributed by atoms with Crippen molar-refractivity contribution in [3.63, 3.8) is 0 Å². The van der Waals surface area contributed by atoms with Crippen molar-refractivity contribution in [1.82, 2.24) is 5.43 Å². The van der Waals surface area contributed by atoms with E-state index < -0.39 is 12.7 Å². The first kappa shape index (κ1) is 14.7. The van der Waals surface area contributed by atoms with Crippen molar-refractivity contribution in [2.75, 3.05) is 14.2 Å². The zero-order valence-electron chi connectivity index (χ0n) is 10.2. The van der Waals surface area contributed by atoms with E-state index in [1.165, 1.54) is 26.4 Å². The predicted molar refractivity (Wildman–Crippen MR) is 62.8 cm³/mol. The molecule has 0 unspecified atom stereocenters. The van der Waals surface area contributed by atoms with E-state index in [0.29, 0.717) is 0 Å². The van der Waals surface area contributed by atoms with Crippen LogP contribution in [0, 0.1) is 0 Å². The average molecular weight is 274 g/mol. The van der Waals surface area contributed by atoms with Crippen LogP contribution in [-0.2, 0) is 4.74 Å². The molecule has 0 atom stereocenters. The van der Waals surface area contributed by atoms with Crippen LogP contribution in [0.5, 0.6) is 11.5 Å². The molecular weight excluding hydrogens is 262 g/mol. The first-order valence-electron chi connectivity index (χ1n) is 5.07. The van der Waals surface area contributed by atoms with Gasteiger partial charge in [0.05, 0.1) is 20.4 Å². The van der Waals surface area contributed by atoms with E-state index in [0.717, 1.165) is 6.21 Å². The lowest BCUT2D eigenvalue weighted by Crippen LogP contribution is -2.17. The number of hydrazone groups is 1. The molecule has 1 rings (SSSR count). The Morgan fingerprint density at radius 1 is 1.42 bits per heavy atom. The highest BCUT2D eigenvalue weighted by atomic mass is 19.3. The van der Waals surface area contributed by atoms with Crippen LogP contribution in [0.3, 0.4) is 0 Å². The molecule has 0 radical (unpaired) electrons. The first-order valence-corrected chi connectivity index (χ1v) is 5.07. The molecule has 0 saturated heterocycles. The first-order chi connectivity index (χ1) is 9.08. The minimum atomic E-state index is -3.00. The van der Waals surface area contributed by atoms with Gasteiger partial charge in [-0.1, -0.05) is 6.07 Å². The number of ether oxygens (including phenoxy) is 3. The number of methoxy groups -OCH3 is 2. The number of hydrogen-bond acceptors (Lipinski definition) is 5. The molecule has 104 valence electrons. The van der Waals surface area contributed by atoms with E-state index >= 15 is 0 Å². The van der Waals surface area contributed by atoms with Crippen molar-refractivity contribution < 1.29 is 27.8 Å². The lowest BCUT2D eigenvalue weighted by molar-refractivity contribution is -0.0513. The average Bonchev–Trinajstić information content (AvgIpc) is 2.39. The minimum absolute atomic E-state index is 0.127. The van der Waals surface area contributed by atoms with Gasteiger partial charge in [0, 0.05) is 5.56 Å². The van der Waals surface area contributed by atoms with Gasteiger partial charge in [-0.15, -0.1) is 0 Å². The Morgan fingerprint density at radius 3 is 2.74 bits per heavy atom. The van der Waals surface area contributed by atoms with E-state index in [-0.39, 0.29) is 17.1 Å². The van der Waals surface area contributed by atoms with Crippen molar-refractivity contribution in [1.29, 1.82) is 0 Å². The number of nitrogens with zero attached hydrogens (tertiary/aromatic N) is 1. The van der Waals surface area contributed by atoms with Gasteiger partial charge in [0.25, 0.3) is 0 Å². The Morgan fingerprint density at radius 2 is 2.16 bits per heavy atom. The Balaban J connectivity index is 2.95. The molecule has 0 heterocycles. The maximum atomic E-state index is 12.3. The van der Waals surface area contributed by atoms with E-state index in [9.17, 15) is 13.6 Å². The fraction of sp³-hybridized carbons (Fsp3) is 0.273. The summed E-state index contributed by atoms with van der Waals surface area (Å²) >= 11 is 0. The normalized spacial score (nSPS) is 10.6. The number of amides is 1. The lowest BCUT2D eigenvalue weighted by atomic mass is 10.2. The second-order valence-electron chi connectivity index (χ2n) is 3.12. The number of benzene rings is 1. The molecule has 1 N–H and O–H groups in total. The molecule has 0 aromatic heterocycles. The van der Waals surface area contributed by atoms with Gasteiger partial charge >= 0.3 is 12.7 Å². The van der Waals surface area contributed by atoms with Crippen LogP contribution in [0.15, 0.2) is 23.3 Å². The van der Waals surface area contributed by atoms with Crippen LogP contribution in [0.25, 0.3) is 0 Å². The zero-order valence-corrected chi connectivity index (χ0v) is 10.2. The molecule has 0 aliphatic carbocycles. The quantitative estimate of drug-likeness (QED) is 0.658. The number of alkyl halides is 2. The largest absolute Gasteiger partial charge is 0.493 e. The molecule has 0 spiro atoms. The third kappa shape index (κ3) is 4.41. The SMILES string of the molecule is COC(=O)N/N=C\c1cccc(OC)c1OC(F)F. The highest BCUT2D eigenvalue weighted by Crippen LogP contribution is 2.31. The monoisotopic (exact) mass is 274 g/mol. The van der Waals surface area contributed by atoms with Crippen LogP contribution in [0.4, 0.5) is 13.6 Å². The molecule has 1 aromatic rings. The molecule has 6 nitrogen and oxygen atoms in total. The maximum Gasteiger partial charge on any atom is 0.427 e. The smallest absolute Gasteiger partial charge is 0.427 e. The third-order valence-corrected chi connectivity index (χ3v) is 1.98. The fourth-order valence-electron chi connectivity index (χ4n) is 1.21. The second-order valence-corrected chi connectivity index (χ2v) is 3.12. The summed E-state index contributed by atoms with van der Waals surface area (Å²) in [5, 5.41) is 3.53. The number of nitrogens with one attached hydrogen (secondary N) is 1. The van der Waals surface area contributed by atoms with Gasteiger partial charge in [-0.05, 0) is 12.1 Å². The number of hydrogen-bond donors (Lipinski definition) is 1. The third-order valence-electron chi connectivity index (χ3n) is 1.98. The minimum Gasteiger partial charge on any atom is -0.493 e. The van der Waals surface area contributed by atoms with E-state index in [1.54, 1.807) is 6.07 Å². The molecule has 1 amide bonds. The molecule has 0 aliphatic heterocycles. The van der Waals surface area contributed by atoms with Gasteiger partial charge in [0.1, 0.15) is 0 Å². The molecular formula is C11H12F2N2O4. The summed E-state index contributed by atoms with van der Waals surface area (Å²) in [5.74, 6) is -0.0438. The van der Waals surface area contributed by atoms with Gasteiger partial charge in [-0.25, -0.2) is 10.2 Å². The fourth-order valence-corrected chi connectivity index (χ4v) is 1.21. The zero-order chi connectivity index (χ0) is 14.3. The van der Waals surface area contributed by atoms with Gasteiger partial charge in [-0.2, -0.15) is 13.9 Å². The highest BCUT2D eigenvalue weighted by Gasteiger charge is 2.14. The lowest BCUT2D eigenvalue weighted by Gasteiger charge is -2.11. The molecule has 0 saturated carbocycles. The molecule has 19 heavy (non-hydrogen) atoms. The Labute approximate surface area is 108 Å². The van der Waals surface area contributed by atoms with Crippen molar-refractivity contribution in [3.8, 4) is 11.5 Å². The van der Waals surface area contributed by atoms with Crippen LogP contribution < -0.4 is 14.9 Å². The number of para-hydroxylation sites is 1. The van der Waals surface area contributed by atoms with Gasteiger partial charge in [-0.3, -0.25) is 0 Å². The van der Waals surface area contributed by atoms with Gasteiger partial charge in [0.15, 0.2) is 11.5 Å². The predicted octanol–water partition coefficient (Wildman–Crippen LogP) is 1.99. The number of carbonyl (C=O) groups excluding carboxylic acids is 1. The summed E-state index contributed by atoms with van der Waals surface area (Å²) in [6.45, 7) is -3.00. The number of carbonyl (C=O) groups is 1. The molecule has 1 aromatic carbocycles. The van der Waals surface area contributed by atoms with Gasteiger partial charge in [0.2, 0.25) is 0 Å². The molecule has 0 aliphatic rings. The summed E-state index contributed by atoms with van der Waals surface area (Å²) in [4.78, 5) is 10.8.